The Kier molecular flexibility index (Phi) is 2.58. The molecule has 1 saturated heterocycles. The van der Waals surface area contributed by atoms with Crippen molar-refractivity contribution in [3.05, 3.63) is 35.9 Å². The summed E-state index contributed by atoms with van der Waals surface area (Å²) in [5.74, 6) is 0. The van der Waals surface area contributed by atoms with Gasteiger partial charge in [-0.15, -0.1) is 5.10 Å². The van der Waals surface area contributed by atoms with Crippen molar-refractivity contribution >= 4 is 12.7 Å². The Morgan fingerprint density at radius 3 is 2.38 bits per heavy atom. The van der Waals surface area contributed by atoms with Crippen molar-refractivity contribution in [3.8, 4) is 5.69 Å². The maximum atomic E-state index is 13.3. The average Bonchev–Trinajstić information content (AvgIpc) is 3.01. The molecule has 0 radical (unpaired) electrons. The minimum Gasteiger partial charge on any atom is -0.398 e. The molecule has 2 heterocycles. The second kappa shape index (κ2) is 5.32. The van der Waals surface area contributed by atoms with Crippen molar-refractivity contribution in [2.75, 3.05) is 0 Å². The zero-order valence-corrected chi connectivity index (χ0v) is 13.4. The highest BCUT2D eigenvalue weighted by Gasteiger charge is 2.52. The highest BCUT2D eigenvalue weighted by molar-refractivity contribution is 6.61. The van der Waals surface area contributed by atoms with Crippen LogP contribution >= 0.6 is 0 Å². The smallest absolute Gasteiger partial charge is 0.398 e. The van der Waals surface area contributed by atoms with Crippen LogP contribution in [-0.2, 0) is 15.5 Å². The molecule has 9 heteroatoms. The number of hydrogen-bond donors (Lipinski definition) is 0. The molecule has 24 heavy (non-hydrogen) atoms. The van der Waals surface area contributed by atoms with Gasteiger partial charge in [0, 0.05) is 0 Å². The summed E-state index contributed by atoms with van der Waals surface area (Å²) in [7, 11) is -1.13. The summed E-state index contributed by atoms with van der Waals surface area (Å²) in [5, 5.41) is 7.36. The van der Waals surface area contributed by atoms with Crippen LogP contribution in [0.2, 0.25) is 0 Å². The van der Waals surface area contributed by atoms with E-state index in [4.69, 9.17) is 16.2 Å². The number of rotatable bonds is 2. The first kappa shape index (κ1) is 11.6. The number of aromatic nitrogens is 3. The van der Waals surface area contributed by atoms with E-state index in [-0.39, 0.29) is 5.59 Å². The first-order chi connectivity index (χ1) is 13.1. The van der Waals surface area contributed by atoms with E-state index < -0.39 is 66.1 Å². The highest BCUT2D eigenvalue weighted by Crippen LogP contribution is 2.36. The fourth-order valence-electron chi connectivity index (χ4n) is 1.98. The molecule has 1 aliphatic heterocycles. The van der Waals surface area contributed by atoms with Crippen LogP contribution in [0.3, 0.4) is 0 Å². The van der Waals surface area contributed by atoms with Crippen LogP contribution in [0.1, 0.15) is 40.1 Å². The molecule has 0 unspecified atom stereocenters. The number of alkyl halides is 3. The fourth-order valence-corrected chi connectivity index (χ4v) is 1.98. The maximum absolute atomic E-state index is 13.3. The Balaban J connectivity index is 2.17. The van der Waals surface area contributed by atoms with Crippen LogP contribution in [0.5, 0.6) is 0 Å². The third-order valence-electron chi connectivity index (χ3n) is 4.05. The SMILES string of the molecule is [2H]c1c([2H])c(-n2nnc(B3OC(C)(C)C(C)(C)O3)c2[2H])c([2H])c(C(F)(F)F)c1[2H]. The van der Waals surface area contributed by atoms with E-state index in [1.54, 1.807) is 27.7 Å². The molecule has 0 amide bonds. The molecule has 1 aromatic carbocycles. The molecular formula is C15H17BF3N3O2. The van der Waals surface area contributed by atoms with Gasteiger partial charge in [-0.1, -0.05) is 11.3 Å². The van der Waals surface area contributed by atoms with Crippen LogP contribution in [0, 0.1) is 0 Å². The molecule has 0 aliphatic carbocycles. The van der Waals surface area contributed by atoms with E-state index in [0.29, 0.717) is 4.68 Å². The Morgan fingerprint density at radius 2 is 1.79 bits per heavy atom. The minimum atomic E-state index is -5.09. The summed E-state index contributed by atoms with van der Waals surface area (Å²) in [5.41, 5.74) is -4.11. The number of nitrogens with zero attached hydrogens (tertiary/aromatic N) is 3. The number of halogens is 3. The van der Waals surface area contributed by atoms with Crippen molar-refractivity contribution in [1.29, 1.82) is 0 Å². The van der Waals surface area contributed by atoms with Gasteiger partial charge in [0.15, 0.2) is 0 Å². The van der Waals surface area contributed by atoms with Gasteiger partial charge in [-0.25, -0.2) is 4.68 Å². The topological polar surface area (TPSA) is 49.2 Å². The third-order valence-corrected chi connectivity index (χ3v) is 4.05. The molecule has 1 aromatic heterocycles. The van der Waals surface area contributed by atoms with Gasteiger partial charge < -0.3 is 9.31 Å². The molecule has 128 valence electrons. The lowest BCUT2D eigenvalue weighted by Crippen LogP contribution is -2.41. The van der Waals surface area contributed by atoms with Crippen LogP contribution in [-0.4, -0.2) is 33.3 Å². The van der Waals surface area contributed by atoms with Crippen LogP contribution < -0.4 is 5.59 Å². The summed E-state index contributed by atoms with van der Waals surface area (Å²) < 4.78 is 91.3. The van der Waals surface area contributed by atoms with E-state index >= 15 is 0 Å². The second-order valence-electron chi connectivity index (χ2n) is 6.31. The van der Waals surface area contributed by atoms with Crippen molar-refractivity contribution in [3.63, 3.8) is 0 Å². The molecule has 1 aliphatic rings. The van der Waals surface area contributed by atoms with E-state index in [0.717, 1.165) is 0 Å². The predicted molar refractivity (Wildman–Crippen MR) is 82.1 cm³/mol. The predicted octanol–water partition coefficient (Wildman–Crippen LogP) is 2.59. The van der Waals surface area contributed by atoms with Gasteiger partial charge in [0.1, 0.15) is 5.59 Å². The Morgan fingerprint density at radius 1 is 1.17 bits per heavy atom. The minimum absolute atomic E-state index is 0.141. The molecule has 2 aromatic rings. The highest BCUT2D eigenvalue weighted by atomic mass is 19.4. The lowest BCUT2D eigenvalue weighted by atomic mass is 9.86. The Hall–Kier alpha value is -1.87. The summed E-state index contributed by atoms with van der Waals surface area (Å²) >= 11 is 0. The molecule has 3 rings (SSSR count). The molecule has 5 nitrogen and oxygen atoms in total. The zero-order chi connectivity index (χ0) is 22.1. The molecule has 0 spiro atoms. The Labute approximate surface area is 144 Å². The molecule has 1 fully saturated rings. The Bertz CT molecular complexity index is 981. The quantitative estimate of drug-likeness (QED) is 0.786. The number of hydrogen-bond acceptors (Lipinski definition) is 4. The summed E-state index contributed by atoms with van der Waals surface area (Å²) in [6, 6.07) is -4.39. The van der Waals surface area contributed by atoms with E-state index in [1.807, 2.05) is 0 Å². The van der Waals surface area contributed by atoms with Crippen molar-refractivity contribution in [2.45, 2.75) is 45.1 Å². The van der Waals surface area contributed by atoms with E-state index in [2.05, 4.69) is 10.3 Å². The number of benzene rings is 1. The molecule has 0 N–H and O–H groups in total. The monoisotopic (exact) mass is 344 g/mol. The van der Waals surface area contributed by atoms with Gasteiger partial charge >= 0.3 is 13.3 Å². The zero-order valence-electron chi connectivity index (χ0n) is 18.4. The largest absolute Gasteiger partial charge is 0.518 e. The average molecular weight is 344 g/mol. The van der Waals surface area contributed by atoms with Gasteiger partial charge in [-0.2, -0.15) is 13.2 Å². The lowest BCUT2D eigenvalue weighted by Gasteiger charge is -2.32. The molecular weight excluding hydrogens is 322 g/mol. The molecule has 0 bridgehead atoms. The van der Waals surface area contributed by atoms with Crippen molar-refractivity contribution in [2.24, 2.45) is 0 Å². The standard InChI is InChI=1S/C15H17BF3N3O2/c1-13(2)14(3,4)24-16(23-13)12-9-22(21-20-12)11-7-5-6-10(8-11)15(17,18)19/h5-9H,1-4H3/i5D,6D,7D,8D,9D. The summed E-state index contributed by atoms with van der Waals surface area (Å²) in [6.45, 7) is 7.05. The van der Waals surface area contributed by atoms with Gasteiger partial charge in [0.2, 0.25) is 0 Å². The van der Waals surface area contributed by atoms with Gasteiger partial charge in [-0.05, 0) is 45.8 Å². The first-order valence-corrected chi connectivity index (χ1v) is 7.06. The van der Waals surface area contributed by atoms with Gasteiger partial charge in [0.25, 0.3) is 0 Å². The first-order valence-electron chi connectivity index (χ1n) is 9.56. The molecule has 0 saturated carbocycles. The van der Waals surface area contributed by atoms with Crippen molar-refractivity contribution in [1.82, 2.24) is 15.0 Å². The summed E-state index contributed by atoms with van der Waals surface area (Å²) in [4.78, 5) is 0. The van der Waals surface area contributed by atoms with E-state index in [1.165, 1.54) is 0 Å². The van der Waals surface area contributed by atoms with Crippen LogP contribution in [0.25, 0.3) is 5.69 Å². The third kappa shape index (κ3) is 2.93. The normalized spacial score (nSPS) is 22.6. The van der Waals surface area contributed by atoms with Crippen LogP contribution in [0.15, 0.2) is 30.3 Å². The fraction of sp³-hybridized carbons (Fsp3) is 0.467. The lowest BCUT2D eigenvalue weighted by molar-refractivity contribution is -0.137. The van der Waals surface area contributed by atoms with Crippen molar-refractivity contribution < 1.29 is 29.3 Å². The van der Waals surface area contributed by atoms with E-state index in [9.17, 15) is 13.2 Å². The second-order valence-corrected chi connectivity index (χ2v) is 6.31. The van der Waals surface area contributed by atoms with Gasteiger partial charge in [0.05, 0.1) is 35.5 Å². The maximum Gasteiger partial charge on any atom is 0.518 e. The van der Waals surface area contributed by atoms with Gasteiger partial charge in [-0.3, -0.25) is 0 Å². The molecule has 0 atom stereocenters. The summed E-state index contributed by atoms with van der Waals surface area (Å²) in [6.07, 6.45) is -5.64. The van der Waals surface area contributed by atoms with Crippen LogP contribution in [0.4, 0.5) is 13.2 Å².